The van der Waals surface area contributed by atoms with E-state index in [0.717, 1.165) is 18.4 Å². The molecular formula is C17H18ClN3O2. The lowest BCUT2D eigenvalue weighted by atomic mass is 9.97. The Kier molecular flexibility index (Phi) is 5.10. The number of amides is 2. The van der Waals surface area contributed by atoms with Gasteiger partial charge in [0.25, 0.3) is 0 Å². The third kappa shape index (κ3) is 4.43. The maximum Gasteiger partial charge on any atom is 0.320 e. The number of hydrogen-bond acceptors (Lipinski definition) is 3. The number of carbonyl (C=O) groups excluding carboxylic acids is 1. The summed E-state index contributed by atoms with van der Waals surface area (Å²) in [5.74, 6) is 0.471. The Hall–Kier alpha value is -2.11. The molecule has 1 aromatic carbocycles. The number of halogens is 1. The fraction of sp³-hybridized carbons (Fsp3) is 0.294. The first-order valence-electron chi connectivity index (χ1n) is 7.56. The van der Waals surface area contributed by atoms with Gasteiger partial charge in [-0.1, -0.05) is 41.9 Å². The molecule has 2 aromatic rings. The van der Waals surface area contributed by atoms with Crippen LogP contribution in [0.4, 0.5) is 10.6 Å². The summed E-state index contributed by atoms with van der Waals surface area (Å²) in [6, 6.07) is 13.2. The van der Waals surface area contributed by atoms with Crippen LogP contribution in [0.1, 0.15) is 24.5 Å². The van der Waals surface area contributed by atoms with Crippen LogP contribution >= 0.6 is 11.6 Å². The fourth-order valence-electron chi connectivity index (χ4n) is 2.62. The fourth-order valence-corrected chi connectivity index (χ4v) is 2.73. The van der Waals surface area contributed by atoms with Gasteiger partial charge in [-0.25, -0.2) is 9.78 Å². The van der Waals surface area contributed by atoms with E-state index in [1.807, 2.05) is 30.3 Å². The lowest BCUT2D eigenvalue weighted by Crippen LogP contribution is -2.42. The third-order valence-corrected chi connectivity index (χ3v) is 3.98. The van der Waals surface area contributed by atoms with Crippen molar-refractivity contribution >= 4 is 23.4 Å². The maximum absolute atomic E-state index is 12.1. The van der Waals surface area contributed by atoms with Crippen molar-refractivity contribution in [3.05, 3.63) is 59.2 Å². The van der Waals surface area contributed by atoms with Gasteiger partial charge in [0, 0.05) is 18.8 Å². The summed E-state index contributed by atoms with van der Waals surface area (Å²) in [6.07, 6.45) is 3.07. The molecule has 120 valence electrons. The standard InChI is InChI=1S/C17H18ClN3O2/c18-13-6-7-16(19-11-13)21-17(22)20-14-8-9-23-15(10-14)12-4-2-1-3-5-12/h1-7,11,14-15H,8-10H2,(H2,19,20,21,22)/t14-,15+/m1/s1. The number of benzene rings is 1. The van der Waals surface area contributed by atoms with Crippen molar-refractivity contribution in [2.24, 2.45) is 0 Å². The van der Waals surface area contributed by atoms with Crippen LogP contribution in [0, 0.1) is 0 Å². The lowest BCUT2D eigenvalue weighted by Gasteiger charge is -2.30. The second-order valence-corrected chi connectivity index (χ2v) is 5.89. The summed E-state index contributed by atoms with van der Waals surface area (Å²) in [5, 5.41) is 6.22. The first-order valence-corrected chi connectivity index (χ1v) is 7.94. The van der Waals surface area contributed by atoms with Gasteiger partial charge in [0.1, 0.15) is 5.82 Å². The van der Waals surface area contributed by atoms with Crippen LogP contribution in [-0.4, -0.2) is 23.7 Å². The van der Waals surface area contributed by atoms with Gasteiger partial charge >= 0.3 is 6.03 Å². The molecule has 23 heavy (non-hydrogen) atoms. The van der Waals surface area contributed by atoms with Crippen molar-refractivity contribution in [1.82, 2.24) is 10.3 Å². The van der Waals surface area contributed by atoms with Crippen molar-refractivity contribution in [2.75, 3.05) is 11.9 Å². The SMILES string of the molecule is O=C(Nc1ccc(Cl)cn1)N[C@@H]1CCO[C@H](c2ccccc2)C1. The molecular weight excluding hydrogens is 314 g/mol. The number of pyridine rings is 1. The summed E-state index contributed by atoms with van der Waals surface area (Å²) >= 11 is 5.77. The van der Waals surface area contributed by atoms with Crippen molar-refractivity contribution < 1.29 is 9.53 Å². The molecule has 0 radical (unpaired) electrons. The molecule has 1 saturated heterocycles. The van der Waals surface area contributed by atoms with E-state index in [4.69, 9.17) is 16.3 Å². The zero-order valence-corrected chi connectivity index (χ0v) is 13.3. The van der Waals surface area contributed by atoms with Crippen molar-refractivity contribution in [3.63, 3.8) is 0 Å². The van der Waals surface area contributed by atoms with Crippen LogP contribution < -0.4 is 10.6 Å². The second kappa shape index (κ2) is 7.44. The van der Waals surface area contributed by atoms with Gasteiger partial charge in [-0.15, -0.1) is 0 Å². The summed E-state index contributed by atoms with van der Waals surface area (Å²) < 4.78 is 5.81. The highest BCUT2D eigenvalue weighted by Gasteiger charge is 2.25. The Morgan fingerprint density at radius 1 is 1.22 bits per heavy atom. The number of aromatic nitrogens is 1. The van der Waals surface area contributed by atoms with Gasteiger partial charge in [-0.3, -0.25) is 5.32 Å². The van der Waals surface area contributed by atoms with Gasteiger partial charge in [0.15, 0.2) is 0 Å². The molecule has 2 amide bonds. The van der Waals surface area contributed by atoms with E-state index in [1.54, 1.807) is 12.1 Å². The second-order valence-electron chi connectivity index (χ2n) is 5.45. The monoisotopic (exact) mass is 331 g/mol. The number of carbonyl (C=O) groups is 1. The predicted octanol–water partition coefficient (Wildman–Crippen LogP) is 3.78. The molecule has 6 heteroatoms. The highest BCUT2D eigenvalue weighted by molar-refractivity contribution is 6.30. The average molecular weight is 332 g/mol. The van der Waals surface area contributed by atoms with E-state index in [2.05, 4.69) is 15.6 Å². The summed E-state index contributed by atoms with van der Waals surface area (Å²) in [5.41, 5.74) is 1.14. The number of ether oxygens (including phenoxy) is 1. The molecule has 0 aliphatic carbocycles. The number of hydrogen-bond donors (Lipinski definition) is 2. The normalized spacial score (nSPS) is 20.7. The summed E-state index contributed by atoms with van der Waals surface area (Å²) in [6.45, 7) is 0.629. The van der Waals surface area contributed by atoms with E-state index >= 15 is 0 Å². The zero-order valence-electron chi connectivity index (χ0n) is 12.5. The minimum atomic E-state index is -0.265. The first kappa shape index (κ1) is 15.8. The van der Waals surface area contributed by atoms with Gasteiger partial charge in [-0.2, -0.15) is 0 Å². The van der Waals surface area contributed by atoms with Crippen LogP contribution in [-0.2, 0) is 4.74 Å². The Morgan fingerprint density at radius 3 is 2.78 bits per heavy atom. The summed E-state index contributed by atoms with van der Waals surface area (Å²) in [7, 11) is 0. The highest BCUT2D eigenvalue weighted by Crippen LogP contribution is 2.27. The van der Waals surface area contributed by atoms with Crippen molar-refractivity contribution in [3.8, 4) is 0 Å². The number of urea groups is 1. The molecule has 0 bridgehead atoms. The number of nitrogens with one attached hydrogen (secondary N) is 2. The maximum atomic E-state index is 12.1. The molecule has 5 nitrogen and oxygen atoms in total. The van der Waals surface area contributed by atoms with E-state index in [9.17, 15) is 4.79 Å². The molecule has 2 N–H and O–H groups in total. The highest BCUT2D eigenvalue weighted by atomic mass is 35.5. The smallest absolute Gasteiger partial charge is 0.320 e. The average Bonchev–Trinajstić information content (AvgIpc) is 2.58. The van der Waals surface area contributed by atoms with Gasteiger partial charge in [0.05, 0.1) is 11.1 Å². The van der Waals surface area contributed by atoms with Crippen LogP contribution in [0.2, 0.25) is 5.02 Å². The quantitative estimate of drug-likeness (QED) is 0.899. The molecule has 2 atom stereocenters. The van der Waals surface area contributed by atoms with Crippen molar-refractivity contribution in [2.45, 2.75) is 25.0 Å². The number of nitrogens with zero attached hydrogens (tertiary/aromatic N) is 1. The molecule has 0 saturated carbocycles. The predicted molar refractivity (Wildman–Crippen MR) is 89.6 cm³/mol. The van der Waals surface area contributed by atoms with Gasteiger partial charge in [-0.05, 0) is 30.5 Å². The zero-order chi connectivity index (χ0) is 16.1. The van der Waals surface area contributed by atoms with Crippen LogP contribution in [0.3, 0.4) is 0 Å². The minimum absolute atomic E-state index is 0.0175. The Balaban J connectivity index is 1.55. The van der Waals surface area contributed by atoms with E-state index in [-0.39, 0.29) is 18.2 Å². The Labute approximate surface area is 140 Å². The molecule has 1 aromatic heterocycles. The topological polar surface area (TPSA) is 63.2 Å². The molecule has 0 unspecified atom stereocenters. The Morgan fingerprint density at radius 2 is 2.04 bits per heavy atom. The molecule has 1 aliphatic heterocycles. The number of rotatable bonds is 3. The van der Waals surface area contributed by atoms with Crippen LogP contribution in [0.15, 0.2) is 48.7 Å². The molecule has 1 fully saturated rings. The Bertz CT molecular complexity index is 649. The van der Waals surface area contributed by atoms with E-state index in [1.165, 1.54) is 6.20 Å². The van der Waals surface area contributed by atoms with Crippen LogP contribution in [0.25, 0.3) is 0 Å². The summed E-state index contributed by atoms with van der Waals surface area (Å²) in [4.78, 5) is 16.1. The molecule has 3 rings (SSSR count). The van der Waals surface area contributed by atoms with E-state index < -0.39 is 0 Å². The van der Waals surface area contributed by atoms with E-state index in [0.29, 0.717) is 17.4 Å². The number of anilines is 1. The van der Waals surface area contributed by atoms with Gasteiger partial charge in [0.2, 0.25) is 0 Å². The molecule has 1 aliphatic rings. The van der Waals surface area contributed by atoms with Crippen LogP contribution in [0.5, 0.6) is 0 Å². The molecule has 0 spiro atoms. The molecule has 2 heterocycles. The van der Waals surface area contributed by atoms with Gasteiger partial charge < -0.3 is 10.1 Å². The van der Waals surface area contributed by atoms with Crippen molar-refractivity contribution in [1.29, 1.82) is 0 Å². The minimum Gasteiger partial charge on any atom is -0.373 e. The lowest BCUT2D eigenvalue weighted by molar-refractivity contribution is 0.00253. The third-order valence-electron chi connectivity index (χ3n) is 3.76. The first-order chi connectivity index (χ1) is 11.2. The largest absolute Gasteiger partial charge is 0.373 e.